The zero-order chi connectivity index (χ0) is 22.7. The van der Waals surface area contributed by atoms with E-state index >= 15 is 0 Å². The molecule has 0 saturated heterocycles. The van der Waals surface area contributed by atoms with Crippen molar-refractivity contribution in [1.29, 1.82) is 0 Å². The normalized spacial score (nSPS) is 13.4. The van der Waals surface area contributed by atoms with Gasteiger partial charge in [0, 0.05) is 49.9 Å². The molecule has 0 fully saturated rings. The average Bonchev–Trinajstić information content (AvgIpc) is 3.28. The summed E-state index contributed by atoms with van der Waals surface area (Å²) in [5.74, 6) is 0.0678. The number of nitrogens with zero attached hydrogens (tertiary/aromatic N) is 5. The molecule has 3 aromatic rings. The van der Waals surface area contributed by atoms with E-state index in [9.17, 15) is 9.59 Å². The van der Waals surface area contributed by atoms with E-state index in [4.69, 9.17) is 0 Å². The molecule has 0 saturated carbocycles. The molecule has 32 heavy (non-hydrogen) atoms. The summed E-state index contributed by atoms with van der Waals surface area (Å²) in [4.78, 5) is 36.2. The van der Waals surface area contributed by atoms with E-state index in [1.165, 1.54) is 5.56 Å². The number of aromatic amines is 1. The Kier molecular flexibility index (Phi) is 6.50. The maximum Gasteiger partial charge on any atom is 0.253 e. The molecule has 0 spiro atoms. The van der Waals surface area contributed by atoms with Crippen molar-refractivity contribution in [1.82, 2.24) is 29.9 Å². The van der Waals surface area contributed by atoms with Crippen LogP contribution in [-0.4, -0.2) is 82.0 Å². The first kappa shape index (κ1) is 22.0. The molecule has 0 radical (unpaired) electrons. The number of carbonyl (C=O) groups is 2. The van der Waals surface area contributed by atoms with Gasteiger partial charge in [-0.3, -0.25) is 14.7 Å². The molecule has 0 atom stereocenters. The lowest BCUT2D eigenvalue weighted by Crippen LogP contribution is -2.37. The third-order valence-electron chi connectivity index (χ3n) is 6.04. The molecule has 1 N–H and O–H groups in total. The van der Waals surface area contributed by atoms with Gasteiger partial charge in [0.05, 0.1) is 12.6 Å². The topological polar surface area (TPSA) is 85.4 Å². The number of fused-ring (bicyclic) bond motifs is 3. The molecule has 8 nitrogen and oxygen atoms in total. The highest BCUT2D eigenvalue weighted by atomic mass is 16.2. The molecule has 0 bridgehead atoms. The SMILES string of the molecule is CCN(CCN(C)C)C(=O)c1cccc(CC(=O)N2CCc3c(cnc4[nH]ncc34)C2)c1. The number of pyridine rings is 1. The van der Waals surface area contributed by atoms with Crippen LogP contribution in [0.3, 0.4) is 0 Å². The zero-order valence-electron chi connectivity index (χ0n) is 19.0. The average molecular weight is 435 g/mol. The standard InChI is InChI=1S/C24H30N6O2/c1-4-29(11-10-28(2)3)24(32)18-7-5-6-17(12-18)13-22(31)30-9-8-20-19(16-30)14-25-23-21(20)15-26-27-23/h5-7,12,14-15H,4,8-11,13,16H2,1-3H3,(H,25,26,27). The van der Waals surface area contributed by atoms with Crippen molar-refractivity contribution in [3.8, 4) is 0 Å². The second-order valence-electron chi connectivity index (χ2n) is 8.52. The minimum atomic E-state index is 0.00533. The zero-order valence-corrected chi connectivity index (χ0v) is 19.0. The maximum atomic E-state index is 13.0. The Bertz CT molecular complexity index is 1120. The van der Waals surface area contributed by atoms with Crippen LogP contribution >= 0.6 is 0 Å². The van der Waals surface area contributed by atoms with Gasteiger partial charge >= 0.3 is 0 Å². The van der Waals surface area contributed by atoms with Crippen LogP contribution in [0.5, 0.6) is 0 Å². The number of nitrogens with one attached hydrogen (secondary N) is 1. The Morgan fingerprint density at radius 3 is 2.81 bits per heavy atom. The third kappa shape index (κ3) is 4.65. The van der Waals surface area contributed by atoms with Gasteiger partial charge in [-0.05, 0) is 56.3 Å². The van der Waals surface area contributed by atoms with E-state index in [0.717, 1.165) is 35.1 Å². The molecule has 2 aromatic heterocycles. The van der Waals surface area contributed by atoms with Crippen LogP contribution in [0.1, 0.15) is 34.0 Å². The van der Waals surface area contributed by atoms with Gasteiger partial charge in [0.1, 0.15) is 0 Å². The number of carbonyl (C=O) groups excluding carboxylic acids is 2. The maximum absolute atomic E-state index is 13.0. The number of rotatable bonds is 7. The Morgan fingerprint density at radius 2 is 2.03 bits per heavy atom. The van der Waals surface area contributed by atoms with Gasteiger partial charge in [0.25, 0.3) is 5.91 Å². The fourth-order valence-corrected chi connectivity index (χ4v) is 4.18. The number of benzene rings is 1. The summed E-state index contributed by atoms with van der Waals surface area (Å²) in [6.07, 6.45) is 4.71. The summed E-state index contributed by atoms with van der Waals surface area (Å²) in [5, 5.41) is 8.02. The number of H-pyrrole nitrogens is 1. The molecule has 1 aliphatic rings. The predicted octanol–water partition coefficient (Wildman–Crippen LogP) is 2.11. The summed E-state index contributed by atoms with van der Waals surface area (Å²) >= 11 is 0. The second-order valence-corrected chi connectivity index (χ2v) is 8.52. The molecule has 0 unspecified atom stereocenters. The summed E-state index contributed by atoms with van der Waals surface area (Å²) in [7, 11) is 3.99. The van der Waals surface area contributed by atoms with Crippen molar-refractivity contribution < 1.29 is 9.59 Å². The fraction of sp³-hybridized carbons (Fsp3) is 0.417. The highest BCUT2D eigenvalue weighted by Gasteiger charge is 2.23. The van der Waals surface area contributed by atoms with Gasteiger partial charge in [0.15, 0.2) is 5.65 Å². The minimum absolute atomic E-state index is 0.00533. The molecule has 1 aliphatic heterocycles. The van der Waals surface area contributed by atoms with Gasteiger partial charge < -0.3 is 14.7 Å². The van der Waals surface area contributed by atoms with Gasteiger partial charge in [-0.1, -0.05) is 12.1 Å². The summed E-state index contributed by atoms with van der Waals surface area (Å²) < 4.78 is 0. The van der Waals surface area contributed by atoms with Crippen LogP contribution in [0, 0.1) is 0 Å². The quantitative estimate of drug-likeness (QED) is 0.616. The lowest BCUT2D eigenvalue weighted by atomic mass is 9.98. The summed E-state index contributed by atoms with van der Waals surface area (Å²) in [6, 6.07) is 7.46. The lowest BCUT2D eigenvalue weighted by molar-refractivity contribution is -0.131. The summed E-state index contributed by atoms with van der Waals surface area (Å²) in [5.41, 5.74) is 4.57. The first-order chi connectivity index (χ1) is 15.5. The molecule has 168 valence electrons. The number of amides is 2. The van der Waals surface area contributed by atoms with Crippen LogP contribution in [0.25, 0.3) is 11.0 Å². The van der Waals surface area contributed by atoms with Crippen LogP contribution in [0.4, 0.5) is 0 Å². The molecule has 1 aromatic carbocycles. The van der Waals surface area contributed by atoms with Crippen molar-refractivity contribution in [3.05, 3.63) is 58.9 Å². The molecule has 8 heteroatoms. The number of hydrogen-bond acceptors (Lipinski definition) is 5. The van der Waals surface area contributed by atoms with Crippen LogP contribution in [-0.2, 0) is 24.2 Å². The van der Waals surface area contributed by atoms with Crippen molar-refractivity contribution in [2.75, 3.05) is 40.3 Å². The Labute approximate surface area is 188 Å². The van der Waals surface area contributed by atoms with Crippen molar-refractivity contribution in [3.63, 3.8) is 0 Å². The molecule has 2 amide bonds. The van der Waals surface area contributed by atoms with Gasteiger partial charge in [0.2, 0.25) is 5.91 Å². The van der Waals surface area contributed by atoms with Crippen molar-refractivity contribution in [2.45, 2.75) is 26.3 Å². The van der Waals surface area contributed by atoms with E-state index in [-0.39, 0.29) is 18.2 Å². The van der Waals surface area contributed by atoms with E-state index in [0.29, 0.717) is 31.7 Å². The number of hydrogen-bond donors (Lipinski definition) is 1. The lowest BCUT2D eigenvalue weighted by Gasteiger charge is -2.29. The molecule has 3 heterocycles. The Hall–Kier alpha value is -3.26. The van der Waals surface area contributed by atoms with Crippen LogP contribution in [0.15, 0.2) is 36.7 Å². The van der Waals surface area contributed by atoms with Crippen LogP contribution < -0.4 is 0 Å². The van der Waals surface area contributed by atoms with Crippen LogP contribution in [0.2, 0.25) is 0 Å². The highest BCUT2D eigenvalue weighted by Crippen LogP contribution is 2.25. The smallest absolute Gasteiger partial charge is 0.253 e. The van der Waals surface area contributed by atoms with Gasteiger partial charge in [-0.2, -0.15) is 5.10 Å². The summed E-state index contributed by atoms with van der Waals surface area (Å²) in [6.45, 7) is 5.35. The van der Waals surface area contributed by atoms with E-state index < -0.39 is 0 Å². The number of likely N-dealkylation sites (N-methyl/N-ethyl adjacent to an activating group) is 2. The van der Waals surface area contributed by atoms with E-state index in [2.05, 4.69) is 20.1 Å². The van der Waals surface area contributed by atoms with Crippen molar-refractivity contribution in [2.24, 2.45) is 0 Å². The van der Waals surface area contributed by atoms with Gasteiger partial charge in [-0.25, -0.2) is 4.98 Å². The van der Waals surface area contributed by atoms with Gasteiger partial charge in [-0.15, -0.1) is 0 Å². The molecular weight excluding hydrogens is 404 g/mol. The largest absolute Gasteiger partial charge is 0.338 e. The third-order valence-corrected chi connectivity index (χ3v) is 6.04. The first-order valence-corrected chi connectivity index (χ1v) is 11.1. The molecule has 0 aliphatic carbocycles. The fourth-order valence-electron chi connectivity index (χ4n) is 4.18. The Balaban J connectivity index is 1.43. The monoisotopic (exact) mass is 434 g/mol. The first-order valence-electron chi connectivity index (χ1n) is 11.1. The van der Waals surface area contributed by atoms with E-state index in [1.54, 1.807) is 6.20 Å². The Morgan fingerprint density at radius 1 is 1.19 bits per heavy atom. The second kappa shape index (κ2) is 9.48. The minimum Gasteiger partial charge on any atom is -0.338 e. The van der Waals surface area contributed by atoms with Crippen molar-refractivity contribution >= 4 is 22.8 Å². The molecular formula is C24H30N6O2. The molecule has 4 rings (SSSR count). The number of aromatic nitrogens is 3. The van der Waals surface area contributed by atoms with E-state index in [1.807, 2.05) is 61.3 Å². The highest BCUT2D eigenvalue weighted by molar-refractivity contribution is 5.94. The predicted molar refractivity (Wildman–Crippen MR) is 123 cm³/mol.